The molecule has 0 atom stereocenters. The van der Waals surface area contributed by atoms with E-state index in [1.54, 1.807) is 12.1 Å². The predicted molar refractivity (Wildman–Crippen MR) is 89.9 cm³/mol. The number of amides is 1. The molecule has 1 saturated heterocycles. The summed E-state index contributed by atoms with van der Waals surface area (Å²) in [6.45, 7) is 1.97. The average Bonchev–Trinajstić information content (AvgIpc) is 2.85. The third-order valence-electron chi connectivity index (χ3n) is 3.48. The minimum absolute atomic E-state index is 0.174. The second-order valence-electron chi connectivity index (χ2n) is 5.03. The second kappa shape index (κ2) is 6.42. The third kappa shape index (κ3) is 3.44. The molecule has 3 nitrogen and oxygen atoms in total. The summed E-state index contributed by atoms with van der Waals surface area (Å²) in [6.07, 6.45) is 5.41. The molecule has 0 radical (unpaired) electrons. The molecule has 110 valence electrons. The quantitative estimate of drug-likeness (QED) is 0.708. The number of carbonyl (C=O) groups is 1. The number of nitrogens with zero attached hydrogens (tertiary/aromatic N) is 2. The fourth-order valence-corrected chi connectivity index (χ4v) is 3.64. The Bertz CT molecular complexity index is 637. The first kappa shape index (κ1) is 14.9. The van der Waals surface area contributed by atoms with Gasteiger partial charge in [-0.1, -0.05) is 29.3 Å². The Morgan fingerprint density at radius 2 is 1.90 bits per heavy atom. The van der Waals surface area contributed by atoms with Gasteiger partial charge in [-0.25, -0.2) is 0 Å². The Balaban J connectivity index is 1.77. The molecule has 0 aliphatic carbocycles. The first-order chi connectivity index (χ1) is 10.1. The summed E-state index contributed by atoms with van der Waals surface area (Å²) in [5.41, 5.74) is 0.857. The molecule has 1 fully saturated rings. The zero-order valence-corrected chi connectivity index (χ0v) is 13.6. The number of carbonyl (C=O) groups excluding carboxylic acids is 1. The van der Waals surface area contributed by atoms with Crippen LogP contribution < -0.4 is 0 Å². The smallest absolute Gasteiger partial charge is 0.286 e. The zero-order valence-electron chi connectivity index (χ0n) is 11.3. The van der Waals surface area contributed by atoms with Gasteiger partial charge >= 0.3 is 0 Å². The van der Waals surface area contributed by atoms with Crippen LogP contribution in [0.3, 0.4) is 0 Å². The molecule has 6 heteroatoms. The summed E-state index contributed by atoms with van der Waals surface area (Å²) in [5, 5.41) is 1.82. The Labute approximate surface area is 138 Å². The van der Waals surface area contributed by atoms with Crippen LogP contribution in [0.25, 0.3) is 6.08 Å². The molecule has 2 aliphatic rings. The summed E-state index contributed by atoms with van der Waals surface area (Å²) in [4.78, 5) is 19.0. The highest BCUT2D eigenvalue weighted by atomic mass is 35.5. The predicted octanol–water partition coefficient (Wildman–Crippen LogP) is 4.45. The van der Waals surface area contributed by atoms with E-state index in [1.165, 1.54) is 31.0 Å². The molecule has 21 heavy (non-hydrogen) atoms. The van der Waals surface area contributed by atoms with E-state index in [9.17, 15) is 4.79 Å². The van der Waals surface area contributed by atoms with Crippen LogP contribution in [0, 0.1) is 0 Å². The molecule has 3 rings (SSSR count). The molecule has 1 aromatic carbocycles. The van der Waals surface area contributed by atoms with E-state index >= 15 is 0 Å². The summed E-state index contributed by atoms with van der Waals surface area (Å²) in [6, 6.07) is 5.32. The minimum Gasteiger partial charge on any atom is -0.351 e. The second-order valence-corrected chi connectivity index (χ2v) is 6.85. The van der Waals surface area contributed by atoms with Crippen LogP contribution in [0.15, 0.2) is 28.1 Å². The summed E-state index contributed by atoms with van der Waals surface area (Å²) in [7, 11) is 0. The third-order valence-corrected chi connectivity index (χ3v) is 5.26. The van der Waals surface area contributed by atoms with Crippen LogP contribution in [0.4, 0.5) is 0 Å². The zero-order chi connectivity index (χ0) is 14.8. The van der Waals surface area contributed by atoms with Gasteiger partial charge in [0.05, 0.1) is 15.0 Å². The molecule has 1 amide bonds. The van der Waals surface area contributed by atoms with Gasteiger partial charge in [-0.05, 0) is 54.8 Å². The number of amidine groups is 1. The van der Waals surface area contributed by atoms with Crippen molar-refractivity contribution in [3.63, 3.8) is 0 Å². The highest BCUT2D eigenvalue weighted by Crippen LogP contribution is 2.32. The molecule has 2 aliphatic heterocycles. The van der Waals surface area contributed by atoms with E-state index in [4.69, 9.17) is 23.2 Å². The maximum absolute atomic E-state index is 12.0. The number of halogens is 2. The van der Waals surface area contributed by atoms with Gasteiger partial charge in [0.2, 0.25) is 0 Å². The molecule has 0 N–H and O–H groups in total. The lowest BCUT2D eigenvalue weighted by Crippen LogP contribution is -2.33. The number of aliphatic imine (C=N–C) groups is 1. The fourth-order valence-electron chi connectivity index (χ4n) is 2.37. The average molecular weight is 341 g/mol. The van der Waals surface area contributed by atoms with E-state index < -0.39 is 0 Å². The molecular formula is C15H14Cl2N2OS. The van der Waals surface area contributed by atoms with Crippen molar-refractivity contribution in [3.8, 4) is 0 Å². The number of hydrogen-bond donors (Lipinski definition) is 0. The monoisotopic (exact) mass is 340 g/mol. The number of hydrogen-bond acceptors (Lipinski definition) is 3. The largest absolute Gasteiger partial charge is 0.351 e. The molecule has 1 aromatic rings. The van der Waals surface area contributed by atoms with Crippen molar-refractivity contribution in [1.82, 2.24) is 4.90 Å². The van der Waals surface area contributed by atoms with Crippen LogP contribution in [-0.4, -0.2) is 29.1 Å². The van der Waals surface area contributed by atoms with Gasteiger partial charge < -0.3 is 4.90 Å². The fraction of sp³-hybridized carbons (Fsp3) is 0.333. The highest BCUT2D eigenvalue weighted by Gasteiger charge is 2.26. The molecule has 2 heterocycles. The Hall–Kier alpha value is -0.970. The van der Waals surface area contributed by atoms with Crippen molar-refractivity contribution in [3.05, 3.63) is 38.7 Å². The van der Waals surface area contributed by atoms with Crippen molar-refractivity contribution < 1.29 is 4.79 Å². The van der Waals surface area contributed by atoms with Crippen molar-refractivity contribution in [2.75, 3.05) is 13.1 Å². The van der Waals surface area contributed by atoms with Gasteiger partial charge in [-0.2, -0.15) is 4.99 Å². The molecule has 0 unspecified atom stereocenters. The van der Waals surface area contributed by atoms with E-state index in [1.807, 2.05) is 12.1 Å². The maximum Gasteiger partial charge on any atom is 0.286 e. The SMILES string of the molecule is O=C1N=C(N2CCCCC2)SC1=Cc1ccc(Cl)c(Cl)c1. The van der Waals surface area contributed by atoms with Gasteiger partial charge in [-0.3, -0.25) is 4.79 Å². The minimum atomic E-state index is -0.174. The number of piperidine rings is 1. The number of thioether (sulfide) groups is 1. The lowest BCUT2D eigenvalue weighted by molar-refractivity contribution is -0.113. The molecule has 0 bridgehead atoms. The van der Waals surface area contributed by atoms with E-state index in [-0.39, 0.29) is 5.91 Å². The Morgan fingerprint density at radius 3 is 2.62 bits per heavy atom. The molecule has 0 aromatic heterocycles. The van der Waals surface area contributed by atoms with Crippen molar-refractivity contribution in [2.24, 2.45) is 4.99 Å². The van der Waals surface area contributed by atoms with Crippen LogP contribution in [-0.2, 0) is 4.79 Å². The van der Waals surface area contributed by atoms with Crippen LogP contribution in [0.2, 0.25) is 10.0 Å². The first-order valence-corrected chi connectivity index (χ1v) is 8.43. The van der Waals surface area contributed by atoms with Gasteiger partial charge in [0.25, 0.3) is 5.91 Å². The van der Waals surface area contributed by atoms with E-state index in [0.29, 0.717) is 15.0 Å². The molecular weight excluding hydrogens is 327 g/mol. The summed E-state index contributed by atoms with van der Waals surface area (Å²) >= 11 is 13.3. The number of likely N-dealkylation sites (tertiary alicyclic amines) is 1. The lowest BCUT2D eigenvalue weighted by atomic mass is 10.1. The van der Waals surface area contributed by atoms with Gasteiger partial charge in [0.15, 0.2) is 5.17 Å². The summed E-state index contributed by atoms with van der Waals surface area (Å²) in [5.74, 6) is -0.174. The van der Waals surface area contributed by atoms with Crippen LogP contribution in [0.1, 0.15) is 24.8 Å². The molecule has 0 spiro atoms. The van der Waals surface area contributed by atoms with Gasteiger partial charge in [0, 0.05) is 13.1 Å². The van der Waals surface area contributed by atoms with Crippen molar-refractivity contribution in [1.29, 1.82) is 0 Å². The normalized spacial score (nSPS) is 21.0. The topological polar surface area (TPSA) is 32.7 Å². The van der Waals surface area contributed by atoms with Crippen LogP contribution >= 0.6 is 35.0 Å². The van der Waals surface area contributed by atoms with Crippen LogP contribution in [0.5, 0.6) is 0 Å². The van der Waals surface area contributed by atoms with Crippen molar-refractivity contribution in [2.45, 2.75) is 19.3 Å². The Kier molecular flexibility index (Phi) is 4.57. The number of benzene rings is 1. The van der Waals surface area contributed by atoms with E-state index in [0.717, 1.165) is 23.8 Å². The van der Waals surface area contributed by atoms with E-state index in [2.05, 4.69) is 9.89 Å². The first-order valence-electron chi connectivity index (χ1n) is 6.86. The van der Waals surface area contributed by atoms with Gasteiger partial charge in [-0.15, -0.1) is 0 Å². The lowest BCUT2D eigenvalue weighted by Gasteiger charge is -2.27. The highest BCUT2D eigenvalue weighted by molar-refractivity contribution is 8.18. The van der Waals surface area contributed by atoms with Gasteiger partial charge in [0.1, 0.15) is 0 Å². The standard InChI is InChI=1S/C15H14Cl2N2OS/c16-11-5-4-10(8-12(11)17)9-13-14(20)18-15(21-13)19-6-2-1-3-7-19/h4-5,8-9H,1-3,6-7H2. The molecule has 0 saturated carbocycles. The Morgan fingerprint density at radius 1 is 1.14 bits per heavy atom. The van der Waals surface area contributed by atoms with Crippen molar-refractivity contribution >= 4 is 52.1 Å². The number of rotatable bonds is 1. The summed E-state index contributed by atoms with van der Waals surface area (Å²) < 4.78 is 0. The maximum atomic E-state index is 12.0.